The van der Waals surface area contributed by atoms with Gasteiger partial charge in [-0.2, -0.15) is 4.98 Å². The van der Waals surface area contributed by atoms with Gasteiger partial charge in [0.15, 0.2) is 0 Å². The van der Waals surface area contributed by atoms with Crippen LogP contribution in [0.1, 0.15) is 11.3 Å². The van der Waals surface area contributed by atoms with E-state index in [0.717, 1.165) is 31.9 Å². The average Bonchev–Trinajstić information content (AvgIpc) is 2.50. The molecule has 2 aliphatic rings. The second-order valence-electron chi connectivity index (χ2n) is 4.19. The van der Waals surface area contributed by atoms with Gasteiger partial charge in [-0.25, -0.2) is 4.98 Å². The van der Waals surface area contributed by atoms with E-state index in [4.69, 9.17) is 4.74 Å². The van der Waals surface area contributed by atoms with Crippen molar-refractivity contribution < 1.29 is 4.74 Å². The number of fused-ring (bicyclic) bond motifs is 1. The summed E-state index contributed by atoms with van der Waals surface area (Å²) < 4.78 is 5.61. The molecule has 5 nitrogen and oxygen atoms in total. The van der Waals surface area contributed by atoms with Crippen molar-refractivity contribution in [2.45, 2.75) is 19.2 Å². The summed E-state index contributed by atoms with van der Waals surface area (Å²) in [4.78, 5) is 10.9. The Hall–Kier alpha value is -1.20. The van der Waals surface area contributed by atoms with E-state index in [2.05, 4.69) is 27.2 Å². The van der Waals surface area contributed by atoms with E-state index >= 15 is 0 Å². The lowest BCUT2D eigenvalue weighted by Gasteiger charge is -2.26. The van der Waals surface area contributed by atoms with E-state index < -0.39 is 0 Å². The van der Waals surface area contributed by atoms with Gasteiger partial charge in [0.25, 0.3) is 0 Å². The van der Waals surface area contributed by atoms with Crippen molar-refractivity contribution in [1.29, 1.82) is 0 Å². The fourth-order valence-corrected chi connectivity index (χ4v) is 1.85. The highest BCUT2D eigenvalue weighted by Crippen LogP contribution is 2.20. The number of ether oxygens (including phenoxy) is 1. The van der Waals surface area contributed by atoms with Gasteiger partial charge >= 0.3 is 6.01 Å². The van der Waals surface area contributed by atoms with Crippen molar-refractivity contribution in [2.75, 3.05) is 20.1 Å². The maximum absolute atomic E-state index is 5.61. The Kier molecular flexibility index (Phi) is 2.07. The predicted octanol–water partition coefficient (Wildman–Crippen LogP) is -0.227. The molecule has 1 aromatic heterocycles. The predicted molar refractivity (Wildman–Crippen MR) is 54.5 cm³/mol. The summed E-state index contributed by atoms with van der Waals surface area (Å²) in [7, 11) is 2.08. The quantitative estimate of drug-likeness (QED) is 0.724. The van der Waals surface area contributed by atoms with Crippen molar-refractivity contribution in [3.8, 4) is 6.01 Å². The van der Waals surface area contributed by atoms with Crippen molar-refractivity contribution in [3.05, 3.63) is 17.5 Å². The number of rotatable bonds is 2. The van der Waals surface area contributed by atoms with E-state index in [1.54, 1.807) is 0 Å². The number of aromatic nitrogens is 2. The monoisotopic (exact) mass is 206 g/mol. The smallest absolute Gasteiger partial charge is 0.316 e. The Morgan fingerprint density at radius 2 is 2.33 bits per heavy atom. The topological polar surface area (TPSA) is 50.3 Å². The largest absolute Gasteiger partial charge is 0.457 e. The minimum absolute atomic E-state index is 0.252. The Bertz CT molecular complexity index is 378. The molecule has 1 aromatic rings. The molecular formula is C10H14N4O. The van der Waals surface area contributed by atoms with Crippen LogP contribution in [0.25, 0.3) is 0 Å². The van der Waals surface area contributed by atoms with Crippen LogP contribution in [-0.4, -0.2) is 41.1 Å². The van der Waals surface area contributed by atoms with Gasteiger partial charge in [0.05, 0.1) is 5.69 Å². The third-order valence-corrected chi connectivity index (χ3v) is 2.81. The first kappa shape index (κ1) is 9.06. The Labute approximate surface area is 88.5 Å². The molecule has 15 heavy (non-hydrogen) atoms. The molecule has 3 heterocycles. The molecule has 80 valence electrons. The number of hydrogen-bond acceptors (Lipinski definition) is 5. The summed E-state index contributed by atoms with van der Waals surface area (Å²) >= 11 is 0. The highest BCUT2D eigenvalue weighted by atomic mass is 16.5. The molecule has 0 bridgehead atoms. The lowest BCUT2D eigenvalue weighted by molar-refractivity contribution is 0.129. The minimum Gasteiger partial charge on any atom is -0.457 e. The first-order valence-electron chi connectivity index (χ1n) is 5.22. The molecule has 5 heteroatoms. The molecule has 3 rings (SSSR count). The fraction of sp³-hybridized carbons (Fsp3) is 0.600. The minimum atomic E-state index is 0.252. The van der Waals surface area contributed by atoms with Gasteiger partial charge in [-0.05, 0) is 7.05 Å². The summed E-state index contributed by atoms with van der Waals surface area (Å²) in [5.41, 5.74) is 2.33. The zero-order valence-corrected chi connectivity index (χ0v) is 8.73. The van der Waals surface area contributed by atoms with Gasteiger partial charge < -0.3 is 10.1 Å². The third kappa shape index (κ3) is 1.68. The summed E-state index contributed by atoms with van der Waals surface area (Å²) in [5.74, 6) is 0. The number of hydrogen-bond donors (Lipinski definition) is 1. The summed E-state index contributed by atoms with van der Waals surface area (Å²) in [6.07, 6.45) is 2.13. The van der Waals surface area contributed by atoms with Crippen LogP contribution in [0.5, 0.6) is 6.01 Å². The Balaban J connectivity index is 1.77. The maximum Gasteiger partial charge on any atom is 0.316 e. The molecule has 1 fully saturated rings. The van der Waals surface area contributed by atoms with Gasteiger partial charge in [0, 0.05) is 37.9 Å². The molecule has 0 aromatic carbocycles. The van der Waals surface area contributed by atoms with Crippen LogP contribution >= 0.6 is 0 Å². The van der Waals surface area contributed by atoms with Crippen molar-refractivity contribution in [3.63, 3.8) is 0 Å². The van der Waals surface area contributed by atoms with Crippen molar-refractivity contribution in [1.82, 2.24) is 20.2 Å². The lowest BCUT2D eigenvalue weighted by Crippen LogP contribution is -2.50. The number of nitrogens with zero attached hydrogens (tertiary/aromatic N) is 3. The SMILES string of the molecule is CN1Cc2cnc(OC3CNC3)nc2C1. The first-order valence-corrected chi connectivity index (χ1v) is 5.22. The summed E-state index contributed by atoms with van der Waals surface area (Å²) in [6, 6.07) is 0.524. The Morgan fingerprint density at radius 3 is 3.07 bits per heavy atom. The maximum atomic E-state index is 5.61. The molecule has 0 saturated carbocycles. The second-order valence-corrected chi connectivity index (χ2v) is 4.19. The molecule has 0 unspecified atom stereocenters. The molecule has 0 spiro atoms. The molecule has 0 atom stereocenters. The van der Waals surface area contributed by atoms with Crippen molar-refractivity contribution in [2.24, 2.45) is 0 Å². The van der Waals surface area contributed by atoms with Gasteiger partial charge in [-0.3, -0.25) is 4.90 Å². The fourth-order valence-electron chi connectivity index (χ4n) is 1.85. The highest BCUT2D eigenvalue weighted by Gasteiger charge is 2.22. The number of nitrogens with one attached hydrogen (secondary N) is 1. The van der Waals surface area contributed by atoms with Gasteiger partial charge in [-0.1, -0.05) is 0 Å². The first-order chi connectivity index (χ1) is 7.31. The summed E-state index contributed by atoms with van der Waals surface area (Å²) in [5, 5.41) is 3.15. The van der Waals surface area contributed by atoms with E-state index in [-0.39, 0.29) is 6.10 Å². The van der Waals surface area contributed by atoms with Crippen LogP contribution in [0.15, 0.2) is 6.20 Å². The Morgan fingerprint density at radius 1 is 1.47 bits per heavy atom. The van der Waals surface area contributed by atoms with Crippen LogP contribution in [0.4, 0.5) is 0 Å². The van der Waals surface area contributed by atoms with Gasteiger partial charge in [-0.15, -0.1) is 0 Å². The van der Waals surface area contributed by atoms with E-state index in [1.807, 2.05) is 6.20 Å². The molecule has 0 amide bonds. The van der Waals surface area contributed by atoms with Crippen LogP contribution in [0.3, 0.4) is 0 Å². The standard InChI is InChI=1S/C10H14N4O/c1-14-5-7-2-12-10(13-9(7)6-14)15-8-3-11-4-8/h2,8,11H,3-6H2,1H3. The highest BCUT2D eigenvalue weighted by molar-refractivity contribution is 5.22. The molecule has 1 saturated heterocycles. The third-order valence-electron chi connectivity index (χ3n) is 2.81. The normalized spacial score (nSPS) is 21.1. The van der Waals surface area contributed by atoms with Crippen LogP contribution in [0.2, 0.25) is 0 Å². The van der Waals surface area contributed by atoms with E-state index in [0.29, 0.717) is 6.01 Å². The van der Waals surface area contributed by atoms with Gasteiger partial charge in [0.1, 0.15) is 6.10 Å². The molecule has 0 aliphatic carbocycles. The molecule has 0 radical (unpaired) electrons. The van der Waals surface area contributed by atoms with E-state index in [1.165, 1.54) is 5.56 Å². The zero-order valence-electron chi connectivity index (χ0n) is 8.73. The van der Waals surface area contributed by atoms with Crippen LogP contribution in [0, 0.1) is 0 Å². The van der Waals surface area contributed by atoms with Crippen LogP contribution < -0.4 is 10.1 Å². The molecular weight excluding hydrogens is 192 g/mol. The van der Waals surface area contributed by atoms with Crippen LogP contribution in [-0.2, 0) is 13.1 Å². The molecule has 1 N–H and O–H groups in total. The molecule has 2 aliphatic heterocycles. The lowest BCUT2D eigenvalue weighted by atomic mass is 10.2. The van der Waals surface area contributed by atoms with Crippen molar-refractivity contribution >= 4 is 0 Å². The zero-order chi connectivity index (χ0) is 10.3. The van der Waals surface area contributed by atoms with E-state index in [9.17, 15) is 0 Å². The summed E-state index contributed by atoms with van der Waals surface area (Å²) in [6.45, 7) is 3.65. The second kappa shape index (κ2) is 3.43. The van der Waals surface area contributed by atoms with Gasteiger partial charge in [0.2, 0.25) is 0 Å². The average molecular weight is 206 g/mol.